The van der Waals surface area contributed by atoms with Crippen molar-refractivity contribution in [3.8, 4) is 28.0 Å². The number of ether oxygens (including phenoxy) is 2. The molecule has 0 saturated carbocycles. The van der Waals surface area contributed by atoms with Crippen molar-refractivity contribution < 1.29 is 22.6 Å². The lowest BCUT2D eigenvalue weighted by Crippen LogP contribution is -2.15. The average molecular weight is 551 g/mol. The zero-order valence-electron chi connectivity index (χ0n) is 23.8. The first kappa shape index (κ1) is 29.9. The Morgan fingerprint density at radius 2 is 1.40 bits per heavy atom. The van der Waals surface area contributed by atoms with Crippen molar-refractivity contribution in [2.45, 2.75) is 84.2 Å². The summed E-state index contributed by atoms with van der Waals surface area (Å²) >= 11 is 0. The molecule has 214 valence electrons. The molecule has 40 heavy (non-hydrogen) atoms. The second-order valence-corrected chi connectivity index (χ2v) is 10.6. The van der Waals surface area contributed by atoms with Gasteiger partial charge in [-0.1, -0.05) is 87.9 Å². The van der Waals surface area contributed by atoms with E-state index in [9.17, 15) is 8.78 Å². The third-order valence-corrected chi connectivity index (χ3v) is 7.66. The van der Waals surface area contributed by atoms with Gasteiger partial charge in [0.25, 0.3) is 0 Å². The maximum absolute atomic E-state index is 15.1. The molecule has 0 radical (unpaired) electrons. The number of halogens is 3. The van der Waals surface area contributed by atoms with Crippen LogP contribution in [0.1, 0.15) is 83.6 Å². The standard InChI is InChI=1S/C35H41F3O2/c1-3-5-6-7-8-9-10-23-40-33-22-21-31(34(37)35(33)38)27-13-11-25(12-14-27)28-17-20-30(32(36)24-28)26-15-18-29(19-16-26)39-4-2/h11-15,17,20-22,24,29H,3-10,16,18-19,23H2,1-2H3. The molecule has 3 aromatic rings. The van der Waals surface area contributed by atoms with Crippen LogP contribution in [0.3, 0.4) is 0 Å². The molecule has 0 saturated heterocycles. The molecule has 2 nitrogen and oxygen atoms in total. The lowest BCUT2D eigenvalue weighted by Gasteiger charge is -2.22. The van der Waals surface area contributed by atoms with E-state index in [4.69, 9.17) is 9.47 Å². The molecule has 0 spiro atoms. The summed E-state index contributed by atoms with van der Waals surface area (Å²) in [6.07, 6.45) is 12.7. The van der Waals surface area contributed by atoms with E-state index in [1.165, 1.54) is 37.8 Å². The molecule has 0 bridgehead atoms. The summed E-state index contributed by atoms with van der Waals surface area (Å²) in [5.41, 5.74) is 3.90. The second-order valence-electron chi connectivity index (χ2n) is 10.6. The van der Waals surface area contributed by atoms with Crippen molar-refractivity contribution >= 4 is 5.57 Å². The molecule has 1 atom stereocenters. The molecule has 1 aliphatic rings. The highest BCUT2D eigenvalue weighted by Gasteiger charge is 2.19. The van der Waals surface area contributed by atoms with Crippen LogP contribution in [0.2, 0.25) is 0 Å². The van der Waals surface area contributed by atoms with Crippen LogP contribution in [0.5, 0.6) is 5.75 Å². The largest absolute Gasteiger partial charge is 0.490 e. The quantitative estimate of drug-likeness (QED) is 0.186. The first-order chi connectivity index (χ1) is 19.5. The van der Waals surface area contributed by atoms with E-state index < -0.39 is 11.6 Å². The predicted octanol–water partition coefficient (Wildman–Crippen LogP) is 10.5. The lowest BCUT2D eigenvalue weighted by atomic mass is 9.90. The molecule has 4 rings (SSSR count). The highest BCUT2D eigenvalue weighted by atomic mass is 19.2. The fraction of sp³-hybridized carbons (Fsp3) is 0.429. The van der Waals surface area contributed by atoms with E-state index in [2.05, 4.69) is 13.0 Å². The van der Waals surface area contributed by atoms with Crippen molar-refractivity contribution in [3.63, 3.8) is 0 Å². The van der Waals surface area contributed by atoms with Crippen molar-refractivity contribution in [1.29, 1.82) is 0 Å². The third kappa shape index (κ3) is 7.78. The highest BCUT2D eigenvalue weighted by molar-refractivity contribution is 5.74. The summed E-state index contributed by atoms with van der Waals surface area (Å²) in [5.74, 6) is -2.21. The lowest BCUT2D eigenvalue weighted by molar-refractivity contribution is 0.0579. The molecule has 0 fully saturated rings. The molecule has 1 aliphatic carbocycles. The van der Waals surface area contributed by atoms with Gasteiger partial charge in [-0.3, -0.25) is 0 Å². The monoisotopic (exact) mass is 550 g/mol. The van der Waals surface area contributed by atoms with Crippen LogP contribution in [-0.4, -0.2) is 19.3 Å². The van der Waals surface area contributed by atoms with E-state index in [0.717, 1.165) is 55.2 Å². The minimum absolute atomic E-state index is 0.0547. The molecule has 0 N–H and O–H groups in total. The van der Waals surface area contributed by atoms with Gasteiger partial charge >= 0.3 is 0 Å². The van der Waals surface area contributed by atoms with Crippen LogP contribution >= 0.6 is 0 Å². The maximum atomic E-state index is 15.1. The van der Waals surface area contributed by atoms with Gasteiger partial charge in [-0.15, -0.1) is 0 Å². The van der Waals surface area contributed by atoms with Gasteiger partial charge in [0.1, 0.15) is 5.82 Å². The Bertz CT molecular complexity index is 1270. The zero-order valence-corrected chi connectivity index (χ0v) is 23.8. The number of hydrogen-bond acceptors (Lipinski definition) is 2. The van der Waals surface area contributed by atoms with Crippen molar-refractivity contribution in [2.75, 3.05) is 13.2 Å². The van der Waals surface area contributed by atoms with Gasteiger partial charge in [-0.2, -0.15) is 4.39 Å². The van der Waals surface area contributed by atoms with E-state index >= 15 is 4.39 Å². The van der Waals surface area contributed by atoms with Gasteiger partial charge in [-0.25, -0.2) is 8.78 Å². The predicted molar refractivity (Wildman–Crippen MR) is 158 cm³/mol. The number of hydrogen-bond donors (Lipinski definition) is 0. The highest BCUT2D eigenvalue weighted by Crippen LogP contribution is 2.34. The molecule has 0 heterocycles. The van der Waals surface area contributed by atoms with Gasteiger partial charge in [0, 0.05) is 17.7 Å². The summed E-state index contributed by atoms with van der Waals surface area (Å²) < 4.78 is 56.0. The van der Waals surface area contributed by atoms with Crippen LogP contribution < -0.4 is 4.74 Å². The van der Waals surface area contributed by atoms with Gasteiger partial charge in [0.2, 0.25) is 5.82 Å². The van der Waals surface area contributed by atoms with Crippen molar-refractivity contribution in [1.82, 2.24) is 0 Å². The first-order valence-electron chi connectivity index (χ1n) is 14.8. The minimum atomic E-state index is -0.966. The molecule has 0 amide bonds. The van der Waals surface area contributed by atoms with Crippen LogP contribution in [-0.2, 0) is 4.74 Å². The second kappa shape index (κ2) is 15.1. The number of allylic oxidation sites excluding steroid dienone is 1. The Balaban J connectivity index is 1.37. The Labute approximate surface area is 237 Å². The smallest absolute Gasteiger partial charge is 0.201 e. The minimum Gasteiger partial charge on any atom is -0.490 e. The van der Waals surface area contributed by atoms with Gasteiger partial charge in [-0.05, 0) is 73.1 Å². The Morgan fingerprint density at radius 1 is 0.725 bits per heavy atom. The van der Waals surface area contributed by atoms with E-state index in [0.29, 0.717) is 24.3 Å². The summed E-state index contributed by atoms with van der Waals surface area (Å²) in [4.78, 5) is 0. The SMILES string of the molecule is CCCCCCCCCOc1ccc(-c2ccc(-c3ccc(C4=CCC(OCC)CC4)c(F)c3)cc2)c(F)c1F. The van der Waals surface area contributed by atoms with Crippen LogP contribution in [0.25, 0.3) is 27.8 Å². The summed E-state index contributed by atoms with van der Waals surface area (Å²) in [6.45, 7) is 5.25. The summed E-state index contributed by atoms with van der Waals surface area (Å²) in [5, 5.41) is 0. The van der Waals surface area contributed by atoms with Crippen molar-refractivity contribution in [3.05, 3.63) is 83.7 Å². The molecule has 3 aromatic carbocycles. The molecule has 0 aliphatic heterocycles. The Hall–Kier alpha value is -3.05. The van der Waals surface area contributed by atoms with E-state index in [1.54, 1.807) is 30.3 Å². The summed E-state index contributed by atoms with van der Waals surface area (Å²) in [6, 6.07) is 15.4. The fourth-order valence-corrected chi connectivity index (χ4v) is 5.35. The van der Waals surface area contributed by atoms with Crippen LogP contribution in [0.4, 0.5) is 13.2 Å². The van der Waals surface area contributed by atoms with E-state index in [-0.39, 0.29) is 23.2 Å². The topological polar surface area (TPSA) is 18.5 Å². The van der Waals surface area contributed by atoms with Crippen LogP contribution in [0.15, 0.2) is 60.7 Å². The van der Waals surface area contributed by atoms with Gasteiger partial charge in [0.05, 0.1) is 12.7 Å². The summed E-state index contributed by atoms with van der Waals surface area (Å²) in [7, 11) is 0. The fourth-order valence-electron chi connectivity index (χ4n) is 5.35. The third-order valence-electron chi connectivity index (χ3n) is 7.66. The number of unbranched alkanes of at least 4 members (excludes halogenated alkanes) is 6. The van der Waals surface area contributed by atoms with Gasteiger partial charge in [0.15, 0.2) is 11.6 Å². The average Bonchev–Trinajstić information content (AvgIpc) is 2.97. The first-order valence-corrected chi connectivity index (χ1v) is 14.8. The Kier molecular flexibility index (Phi) is 11.3. The molecule has 5 heteroatoms. The molecule has 0 aromatic heterocycles. The normalized spacial score (nSPS) is 15.2. The Morgan fingerprint density at radius 3 is 2.08 bits per heavy atom. The molecular weight excluding hydrogens is 509 g/mol. The number of benzene rings is 3. The maximum Gasteiger partial charge on any atom is 0.201 e. The van der Waals surface area contributed by atoms with E-state index in [1.807, 2.05) is 19.1 Å². The van der Waals surface area contributed by atoms with Gasteiger partial charge < -0.3 is 9.47 Å². The van der Waals surface area contributed by atoms with Crippen LogP contribution in [0, 0.1) is 17.5 Å². The van der Waals surface area contributed by atoms with Crippen molar-refractivity contribution in [2.24, 2.45) is 0 Å². The number of rotatable bonds is 14. The molecular formula is C35H41F3O2. The molecule has 1 unspecified atom stereocenters. The zero-order chi connectivity index (χ0) is 28.3.